The van der Waals surface area contributed by atoms with Crippen molar-refractivity contribution in [3.8, 4) is 0 Å². The summed E-state index contributed by atoms with van der Waals surface area (Å²) < 4.78 is 0. The van der Waals surface area contributed by atoms with Crippen molar-refractivity contribution < 1.29 is 4.79 Å². The highest BCUT2D eigenvalue weighted by atomic mass is 16.1. The monoisotopic (exact) mass is 263 g/mol. The molecule has 1 rings (SSSR count). The molecule has 4 nitrogen and oxygen atoms in total. The second-order valence-electron chi connectivity index (χ2n) is 4.70. The van der Waals surface area contributed by atoms with Crippen molar-refractivity contribution in [2.45, 2.75) is 45.4 Å². The average Bonchev–Trinajstić information content (AvgIpc) is 2.46. The van der Waals surface area contributed by atoms with Crippen LogP contribution in [0.1, 0.15) is 55.9 Å². The van der Waals surface area contributed by atoms with Gasteiger partial charge in [0.25, 0.3) is 5.91 Å². The maximum absolute atomic E-state index is 11.8. The Labute approximate surface area is 116 Å². The number of pyridine rings is 1. The highest BCUT2D eigenvalue weighted by Gasteiger charge is 2.06. The Hall–Kier alpha value is -1.58. The van der Waals surface area contributed by atoms with E-state index in [-0.39, 0.29) is 5.91 Å². The lowest BCUT2D eigenvalue weighted by Gasteiger charge is -2.06. The first-order valence-electron chi connectivity index (χ1n) is 7.20. The number of anilines is 1. The predicted molar refractivity (Wildman–Crippen MR) is 79.5 cm³/mol. The van der Waals surface area contributed by atoms with Gasteiger partial charge < -0.3 is 10.6 Å². The molecule has 4 heteroatoms. The minimum absolute atomic E-state index is 0.0920. The van der Waals surface area contributed by atoms with Crippen LogP contribution >= 0.6 is 0 Å². The molecule has 0 aliphatic heterocycles. The highest BCUT2D eigenvalue weighted by Crippen LogP contribution is 2.07. The van der Waals surface area contributed by atoms with Crippen LogP contribution in [-0.2, 0) is 0 Å². The SMILES string of the molecule is CCCCCCCCNC(=O)c1cc(NC)ccn1. The molecule has 0 bridgehead atoms. The lowest BCUT2D eigenvalue weighted by Crippen LogP contribution is -2.25. The summed E-state index contributed by atoms with van der Waals surface area (Å²) in [6.45, 7) is 2.95. The fourth-order valence-corrected chi connectivity index (χ4v) is 1.91. The summed E-state index contributed by atoms with van der Waals surface area (Å²) in [5.74, 6) is -0.0920. The van der Waals surface area contributed by atoms with Gasteiger partial charge in [-0.15, -0.1) is 0 Å². The van der Waals surface area contributed by atoms with E-state index < -0.39 is 0 Å². The van der Waals surface area contributed by atoms with Gasteiger partial charge in [-0.25, -0.2) is 0 Å². The van der Waals surface area contributed by atoms with Crippen molar-refractivity contribution in [2.24, 2.45) is 0 Å². The molecule has 2 N–H and O–H groups in total. The third kappa shape index (κ3) is 6.22. The Kier molecular flexibility index (Phi) is 7.63. The van der Waals surface area contributed by atoms with Crippen LogP contribution in [0, 0.1) is 0 Å². The quantitative estimate of drug-likeness (QED) is 0.673. The summed E-state index contributed by atoms with van der Waals surface area (Å²) in [7, 11) is 1.83. The summed E-state index contributed by atoms with van der Waals surface area (Å²) in [5.41, 5.74) is 1.37. The second kappa shape index (κ2) is 9.36. The van der Waals surface area contributed by atoms with E-state index in [1.54, 1.807) is 12.3 Å². The van der Waals surface area contributed by atoms with Gasteiger partial charge in [0, 0.05) is 25.5 Å². The number of hydrogen-bond donors (Lipinski definition) is 2. The van der Waals surface area contributed by atoms with Gasteiger partial charge in [-0.3, -0.25) is 9.78 Å². The summed E-state index contributed by atoms with van der Waals surface area (Å²) in [6, 6.07) is 3.60. The summed E-state index contributed by atoms with van der Waals surface area (Å²) in [4.78, 5) is 15.9. The van der Waals surface area contributed by atoms with Gasteiger partial charge in [-0.1, -0.05) is 39.0 Å². The normalized spacial score (nSPS) is 10.2. The van der Waals surface area contributed by atoms with E-state index in [0.29, 0.717) is 5.69 Å². The lowest BCUT2D eigenvalue weighted by atomic mass is 10.1. The molecule has 19 heavy (non-hydrogen) atoms. The molecule has 1 heterocycles. The smallest absolute Gasteiger partial charge is 0.269 e. The molecule has 0 aliphatic carbocycles. The topological polar surface area (TPSA) is 54.0 Å². The second-order valence-corrected chi connectivity index (χ2v) is 4.70. The van der Waals surface area contributed by atoms with Gasteiger partial charge in [0.1, 0.15) is 5.69 Å². The van der Waals surface area contributed by atoms with Crippen molar-refractivity contribution in [3.05, 3.63) is 24.0 Å². The Balaban J connectivity index is 2.20. The first-order chi connectivity index (χ1) is 9.27. The highest BCUT2D eigenvalue weighted by molar-refractivity contribution is 5.93. The molecule has 0 aliphatic rings. The van der Waals surface area contributed by atoms with Crippen molar-refractivity contribution in [1.82, 2.24) is 10.3 Å². The van der Waals surface area contributed by atoms with E-state index in [1.807, 2.05) is 13.1 Å². The van der Waals surface area contributed by atoms with Gasteiger partial charge in [-0.2, -0.15) is 0 Å². The maximum Gasteiger partial charge on any atom is 0.269 e. The molecule has 1 aromatic heterocycles. The number of amides is 1. The van der Waals surface area contributed by atoms with Crippen LogP contribution in [0.4, 0.5) is 5.69 Å². The van der Waals surface area contributed by atoms with Crippen molar-refractivity contribution >= 4 is 11.6 Å². The maximum atomic E-state index is 11.8. The molecule has 1 aromatic rings. The zero-order valence-corrected chi connectivity index (χ0v) is 12.0. The van der Waals surface area contributed by atoms with Gasteiger partial charge in [0.2, 0.25) is 0 Å². The largest absolute Gasteiger partial charge is 0.388 e. The molecular weight excluding hydrogens is 238 g/mol. The van der Waals surface area contributed by atoms with Crippen LogP contribution in [0.5, 0.6) is 0 Å². The zero-order chi connectivity index (χ0) is 13.9. The van der Waals surface area contributed by atoms with Gasteiger partial charge in [-0.05, 0) is 18.6 Å². The molecule has 0 fully saturated rings. The first-order valence-corrected chi connectivity index (χ1v) is 7.20. The van der Waals surface area contributed by atoms with E-state index in [0.717, 1.165) is 18.7 Å². The fraction of sp³-hybridized carbons (Fsp3) is 0.600. The van der Waals surface area contributed by atoms with Crippen LogP contribution in [-0.4, -0.2) is 24.5 Å². The first kappa shape index (κ1) is 15.5. The third-order valence-corrected chi connectivity index (χ3v) is 3.10. The molecule has 106 valence electrons. The zero-order valence-electron chi connectivity index (χ0n) is 12.0. The number of nitrogens with one attached hydrogen (secondary N) is 2. The minimum atomic E-state index is -0.0920. The van der Waals surface area contributed by atoms with Crippen LogP contribution in [0.3, 0.4) is 0 Å². The Morgan fingerprint density at radius 2 is 1.95 bits per heavy atom. The van der Waals surface area contributed by atoms with E-state index in [2.05, 4.69) is 22.5 Å². The molecule has 0 aromatic carbocycles. The Bertz CT molecular complexity index is 379. The summed E-state index contributed by atoms with van der Waals surface area (Å²) in [5, 5.41) is 5.91. The van der Waals surface area contributed by atoms with E-state index in [4.69, 9.17) is 0 Å². The van der Waals surface area contributed by atoms with E-state index >= 15 is 0 Å². The Morgan fingerprint density at radius 3 is 2.68 bits per heavy atom. The van der Waals surface area contributed by atoms with Crippen molar-refractivity contribution in [3.63, 3.8) is 0 Å². The molecule has 0 radical (unpaired) electrons. The van der Waals surface area contributed by atoms with Gasteiger partial charge in [0.15, 0.2) is 0 Å². The summed E-state index contributed by atoms with van der Waals surface area (Å²) >= 11 is 0. The van der Waals surface area contributed by atoms with Crippen molar-refractivity contribution in [1.29, 1.82) is 0 Å². The molecule has 0 atom stereocenters. The molecule has 0 saturated heterocycles. The summed E-state index contributed by atoms with van der Waals surface area (Å²) in [6.07, 6.45) is 9.02. The number of rotatable bonds is 9. The van der Waals surface area contributed by atoms with Crippen LogP contribution < -0.4 is 10.6 Å². The van der Waals surface area contributed by atoms with Gasteiger partial charge in [0.05, 0.1) is 0 Å². The fourth-order valence-electron chi connectivity index (χ4n) is 1.91. The number of nitrogens with zero attached hydrogens (tertiary/aromatic N) is 1. The molecule has 1 amide bonds. The number of carbonyl (C=O) groups excluding carboxylic acids is 1. The number of carbonyl (C=O) groups is 1. The Morgan fingerprint density at radius 1 is 1.21 bits per heavy atom. The number of unbranched alkanes of at least 4 members (excludes halogenated alkanes) is 5. The molecule has 0 unspecified atom stereocenters. The van der Waals surface area contributed by atoms with Crippen molar-refractivity contribution in [2.75, 3.05) is 18.9 Å². The standard InChI is InChI=1S/C15H25N3O/c1-3-4-5-6-7-8-10-18-15(19)14-12-13(16-2)9-11-17-14/h9,11-12H,3-8,10H2,1-2H3,(H,16,17)(H,18,19). The minimum Gasteiger partial charge on any atom is -0.388 e. The third-order valence-electron chi connectivity index (χ3n) is 3.10. The van der Waals surface area contributed by atoms with Crippen LogP contribution in [0.2, 0.25) is 0 Å². The predicted octanol–water partition coefficient (Wildman–Crippen LogP) is 3.21. The number of hydrogen-bond acceptors (Lipinski definition) is 3. The van der Waals surface area contributed by atoms with Crippen LogP contribution in [0.25, 0.3) is 0 Å². The average molecular weight is 263 g/mol. The lowest BCUT2D eigenvalue weighted by molar-refractivity contribution is 0.0948. The van der Waals surface area contributed by atoms with Gasteiger partial charge >= 0.3 is 0 Å². The molecular formula is C15H25N3O. The molecule has 0 saturated carbocycles. The van der Waals surface area contributed by atoms with Crippen LogP contribution in [0.15, 0.2) is 18.3 Å². The van der Waals surface area contributed by atoms with E-state index in [1.165, 1.54) is 32.1 Å². The number of aromatic nitrogens is 1. The molecule has 0 spiro atoms. The van der Waals surface area contributed by atoms with E-state index in [9.17, 15) is 4.79 Å².